The Balaban J connectivity index is 2.46. The van der Waals surface area contributed by atoms with Crippen molar-refractivity contribution < 1.29 is 22.8 Å². The van der Waals surface area contributed by atoms with Gasteiger partial charge in [0.15, 0.2) is 0 Å². The van der Waals surface area contributed by atoms with Crippen LogP contribution in [0.4, 0.5) is 24.5 Å². The number of hydrogen-bond acceptors (Lipinski definition) is 4. The SMILES string of the molecule is CC(=Nc1cc(Oc2ccc(C(F)(F)F)c(Cl)c2Cl)ccc1[N+](=O)[O-])N(C)C. The maximum Gasteiger partial charge on any atom is 0.417 e. The molecule has 0 bridgehead atoms. The Morgan fingerprint density at radius 2 is 1.82 bits per heavy atom. The van der Waals surface area contributed by atoms with Gasteiger partial charge in [0, 0.05) is 26.2 Å². The Labute approximate surface area is 168 Å². The van der Waals surface area contributed by atoms with Crippen molar-refractivity contribution in [3.63, 3.8) is 0 Å². The first-order valence-corrected chi connectivity index (χ1v) is 8.41. The minimum Gasteiger partial charge on any atom is -0.456 e. The van der Waals surface area contributed by atoms with E-state index in [0.29, 0.717) is 5.84 Å². The average Bonchev–Trinajstić information content (AvgIpc) is 2.57. The van der Waals surface area contributed by atoms with Gasteiger partial charge in [-0.1, -0.05) is 23.2 Å². The number of nitrogens with zero attached hydrogens (tertiary/aromatic N) is 3. The van der Waals surface area contributed by atoms with Crippen molar-refractivity contribution in [2.45, 2.75) is 13.1 Å². The molecule has 2 aromatic carbocycles. The molecule has 0 N–H and O–H groups in total. The number of halogens is 5. The first-order valence-electron chi connectivity index (χ1n) is 7.66. The van der Waals surface area contributed by atoms with Gasteiger partial charge in [-0.15, -0.1) is 0 Å². The molecule has 0 aliphatic rings. The Morgan fingerprint density at radius 3 is 2.36 bits per heavy atom. The van der Waals surface area contributed by atoms with E-state index in [4.69, 9.17) is 27.9 Å². The lowest BCUT2D eigenvalue weighted by molar-refractivity contribution is -0.384. The molecule has 0 radical (unpaired) electrons. The molecule has 2 aromatic rings. The number of nitro groups is 1. The first-order chi connectivity index (χ1) is 12.9. The van der Waals surface area contributed by atoms with E-state index in [-0.39, 0.29) is 22.9 Å². The fourth-order valence-corrected chi connectivity index (χ4v) is 2.51. The topological polar surface area (TPSA) is 68.0 Å². The fourth-order valence-electron chi connectivity index (χ4n) is 2.04. The van der Waals surface area contributed by atoms with Gasteiger partial charge < -0.3 is 9.64 Å². The van der Waals surface area contributed by atoms with E-state index in [1.165, 1.54) is 18.2 Å². The zero-order chi connectivity index (χ0) is 21.2. The van der Waals surface area contributed by atoms with Gasteiger partial charge in [-0.2, -0.15) is 13.2 Å². The van der Waals surface area contributed by atoms with Crippen molar-refractivity contribution in [1.82, 2.24) is 4.90 Å². The molecule has 0 aromatic heterocycles. The largest absolute Gasteiger partial charge is 0.456 e. The Hall–Kier alpha value is -2.52. The summed E-state index contributed by atoms with van der Waals surface area (Å²) in [6, 6.07) is 5.50. The van der Waals surface area contributed by atoms with Crippen molar-refractivity contribution in [3.05, 3.63) is 56.1 Å². The molecule has 0 aliphatic heterocycles. The van der Waals surface area contributed by atoms with Gasteiger partial charge in [0.2, 0.25) is 0 Å². The van der Waals surface area contributed by atoms with Crippen LogP contribution in [0.15, 0.2) is 35.3 Å². The van der Waals surface area contributed by atoms with Gasteiger partial charge in [-0.05, 0) is 25.1 Å². The number of aliphatic imine (C=N–C) groups is 1. The van der Waals surface area contributed by atoms with Crippen molar-refractivity contribution in [2.75, 3.05) is 14.1 Å². The predicted molar refractivity (Wildman–Crippen MR) is 101 cm³/mol. The van der Waals surface area contributed by atoms with Gasteiger partial charge in [-0.3, -0.25) is 10.1 Å². The average molecular weight is 436 g/mol. The molecular formula is C17H14Cl2F3N3O3. The van der Waals surface area contributed by atoms with E-state index in [9.17, 15) is 23.3 Å². The highest BCUT2D eigenvalue weighted by Gasteiger charge is 2.34. The molecule has 0 atom stereocenters. The lowest BCUT2D eigenvalue weighted by Gasteiger charge is -2.14. The minimum atomic E-state index is -4.67. The summed E-state index contributed by atoms with van der Waals surface area (Å²) in [5, 5.41) is 10.1. The third-order valence-corrected chi connectivity index (χ3v) is 4.52. The molecule has 0 amide bonds. The van der Waals surface area contributed by atoms with Crippen LogP contribution in [0.3, 0.4) is 0 Å². The van der Waals surface area contributed by atoms with E-state index in [2.05, 4.69) is 4.99 Å². The lowest BCUT2D eigenvalue weighted by atomic mass is 10.2. The van der Waals surface area contributed by atoms with E-state index in [0.717, 1.165) is 12.1 Å². The lowest BCUT2D eigenvalue weighted by Crippen LogP contribution is -2.17. The number of benzene rings is 2. The molecule has 0 aliphatic carbocycles. The van der Waals surface area contributed by atoms with Crippen molar-refractivity contribution in [2.24, 2.45) is 4.99 Å². The van der Waals surface area contributed by atoms with Crippen LogP contribution < -0.4 is 4.74 Å². The van der Waals surface area contributed by atoms with Crippen LogP contribution in [-0.2, 0) is 6.18 Å². The summed E-state index contributed by atoms with van der Waals surface area (Å²) in [5.41, 5.74) is -1.34. The zero-order valence-corrected chi connectivity index (χ0v) is 16.4. The number of nitro benzene ring substituents is 1. The molecule has 0 heterocycles. The molecule has 0 saturated carbocycles. The van der Waals surface area contributed by atoms with E-state index >= 15 is 0 Å². The van der Waals surface area contributed by atoms with Crippen LogP contribution in [0.25, 0.3) is 0 Å². The molecule has 2 rings (SSSR count). The smallest absolute Gasteiger partial charge is 0.417 e. The number of hydrogen-bond donors (Lipinski definition) is 0. The van der Waals surface area contributed by atoms with Crippen LogP contribution >= 0.6 is 23.2 Å². The molecule has 11 heteroatoms. The number of rotatable bonds is 4. The predicted octanol–water partition coefficient (Wildman–Crippen LogP) is 6.32. The summed E-state index contributed by atoms with van der Waals surface area (Å²) >= 11 is 11.6. The third-order valence-electron chi connectivity index (χ3n) is 3.65. The summed E-state index contributed by atoms with van der Waals surface area (Å²) in [7, 11) is 3.43. The highest BCUT2D eigenvalue weighted by atomic mass is 35.5. The molecule has 0 unspecified atom stereocenters. The molecule has 150 valence electrons. The van der Waals surface area contributed by atoms with E-state index in [1.54, 1.807) is 25.9 Å². The summed E-state index contributed by atoms with van der Waals surface area (Å²) in [5.74, 6) is 0.456. The van der Waals surface area contributed by atoms with Gasteiger partial charge in [0.05, 0.1) is 15.5 Å². The van der Waals surface area contributed by atoms with Crippen LogP contribution in [-0.4, -0.2) is 29.8 Å². The van der Waals surface area contributed by atoms with Crippen molar-refractivity contribution in [3.8, 4) is 11.5 Å². The molecule has 28 heavy (non-hydrogen) atoms. The summed E-state index contributed by atoms with van der Waals surface area (Å²) in [6.07, 6.45) is -4.67. The molecule has 6 nitrogen and oxygen atoms in total. The van der Waals surface area contributed by atoms with Gasteiger partial charge >= 0.3 is 6.18 Å². The molecule has 0 spiro atoms. The summed E-state index contributed by atoms with van der Waals surface area (Å²) in [6.45, 7) is 1.66. The third kappa shape index (κ3) is 4.85. The van der Waals surface area contributed by atoms with E-state index in [1.807, 2.05) is 0 Å². The standard InChI is InChI=1S/C17H14Cl2F3N3O3/c1-9(24(2)3)23-12-8-10(4-6-13(12)25(26)27)28-14-7-5-11(17(20,21)22)15(18)16(14)19/h4-8H,1-3H3. The van der Waals surface area contributed by atoms with Gasteiger partial charge in [-0.25, -0.2) is 4.99 Å². The first kappa shape index (κ1) is 21.8. The second kappa shape index (κ2) is 8.24. The van der Waals surface area contributed by atoms with Crippen molar-refractivity contribution in [1.29, 1.82) is 0 Å². The Bertz CT molecular complexity index is 947. The summed E-state index contributed by atoms with van der Waals surface area (Å²) < 4.78 is 44.1. The maximum absolute atomic E-state index is 12.9. The highest BCUT2D eigenvalue weighted by molar-refractivity contribution is 6.43. The summed E-state index contributed by atoms with van der Waals surface area (Å²) in [4.78, 5) is 16.4. The van der Waals surface area contributed by atoms with Crippen LogP contribution in [0.5, 0.6) is 11.5 Å². The fraction of sp³-hybridized carbons (Fsp3) is 0.235. The number of alkyl halides is 3. The monoisotopic (exact) mass is 435 g/mol. The minimum absolute atomic E-state index is 0.0165. The van der Waals surface area contributed by atoms with Crippen molar-refractivity contribution >= 4 is 40.4 Å². The number of ether oxygens (including phenoxy) is 1. The number of amidine groups is 1. The normalized spacial score (nSPS) is 12.1. The maximum atomic E-state index is 12.9. The van der Waals surface area contributed by atoms with E-state index < -0.39 is 26.7 Å². The second-order valence-electron chi connectivity index (χ2n) is 5.80. The van der Waals surface area contributed by atoms with Crippen LogP contribution in [0, 0.1) is 10.1 Å². The quantitative estimate of drug-likeness (QED) is 0.243. The zero-order valence-electron chi connectivity index (χ0n) is 14.8. The second-order valence-corrected chi connectivity index (χ2v) is 6.56. The Morgan fingerprint density at radius 1 is 1.18 bits per heavy atom. The van der Waals surface area contributed by atoms with Crippen LogP contribution in [0.1, 0.15) is 12.5 Å². The van der Waals surface area contributed by atoms with Gasteiger partial charge in [0.25, 0.3) is 5.69 Å². The molecule has 0 fully saturated rings. The highest BCUT2D eigenvalue weighted by Crippen LogP contribution is 2.44. The Kier molecular flexibility index (Phi) is 6.41. The van der Waals surface area contributed by atoms with Crippen LogP contribution in [0.2, 0.25) is 10.0 Å². The van der Waals surface area contributed by atoms with Gasteiger partial charge in [0.1, 0.15) is 28.0 Å². The molecular weight excluding hydrogens is 422 g/mol. The molecule has 0 saturated heterocycles.